The van der Waals surface area contributed by atoms with Crippen molar-refractivity contribution in [1.82, 2.24) is 10.2 Å². The number of rotatable bonds is 4. The van der Waals surface area contributed by atoms with Crippen LogP contribution >= 0.6 is 11.8 Å². The van der Waals surface area contributed by atoms with Crippen LogP contribution in [0.5, 0.6) is 0 Å². The molecule has 1 aliphatic carbocycles. The first kappa shape index (κ1) is 17.0. The first-order valence-electron chi connectivity index (χ1n) is 8.15. The zero-order valence-corrected chi connectivity index (χ0v) is 14.2. The lowest BCUT2D eigenvalue weighted by Gasteiger charge is -2.26. The molecular formula is C17H21N3O3S. The number of hydrogen-bond acceptors (Lipinski definition) is 5. The summed E-state index contributed by atoms with van der Waals surface area (Å²) in [6.07, 6.45) is 3.67. The van der Waals surface area contributed by atoms with Gasteiger partial charge in [0.25, 0.3) is 11.1 Å². The SMILES string of the molecule is NC1CCC(NC(=O)c2cccc(CN3C(=O)CSC3=O)c2)CC1. The largest absolute Gasteiger partial charge is 0.349 e. The third-order valence-electron chi connectivity index (χ3n) is 4.48. The van der Waals surface area contributed by atoms with Crippen LogP contribution in [0.25, 0.3) is 0 Å². The van der Waals surface area contributed by atoms with Gasteiger partial charge in [-0.1, -0.05) is 23.9 Å². The molecule has 1 aliphatic heterocycles. The van der Waals surface area contributed by atoms with Crippen LogP contribution in [-0.2, 0) is 11.3 Å². The highest BCUT2D eigenvalue weighted by Gasteiger charge is 2.29. The second-order valence-electron chi connectivity index (χ2n) is 6.32. The fraction of sp³-hybridized carbons (Fsp3) is 0.471. The van der Waals surface area contributed by atoms with Crippen molar-refractivity contribution in [3.05, 3.63) is 35.4 Å². The smallest absolute Gasteiger partial charge is 0.289 e. The molecule has 1 saturated heterocycles. The number of thioether (sulfide) groups is 1. The van der Waals surface area contributed by atoms with Gasteiger partial charge in [0.05, 0.1) is 12.3 Å². The van der Waals surface area contributed by atoms with Crippen molar-refractivity contribution in [2.45, 2.75) is 44.3 Å². The highest BCUT2D eigenvalue weighted by Crippen LogP contribution is 2.22. The lowest BCUT2D eigenvalue weighted by Crippen LogP contribution is -2.40. The molecule has 1 aromatic rings. The summed E-state index contributed by atoms with van der Waals surface area (Å²) in [5.74, 6) is -0.104. The fourth-order valence-electron chi connectivity index (χ4n) is 3.06. The van der Waals surface area contributed by atoms with Crippen LogP contribution in [0.3, 0.4) is 0 Å². The molecule has 128 valence electrons. The average Bonchev–Trinajstić information content (AvgIpc) is 2.89. The normalized spacial score (nSPS) is 24.3. The van der Waals surface area contributed by atoms with E-state index in [0.29, 0.717) is 5.56 Å². The highest BCUT2D eigenvalue weighted by atomic mass is 32.2. The Labute approximate surface area is 145 Å². The van der Waals surface area contributed by atoms with Gasteiger partial charge in [0.1, 0.15) is 0 Å². The third kappa shape index (κ3) is 3.96. The number of nitrogens with one attached hydrogen (secondary N) is 1. The molecule has 0 radical (unpaired) electrons. The molecule has 1 aromatic carbocycles. The topological polar surface area (TPSA) is 92.5 Å². The second kappa shape index (κ2) is 7.36. The van der Waals surface area contributed by atoms with Crippen molar-refractivity contribution in [3.63, 3.8) is 0 Å². The summed E-state index contributed by atoms with van der Waals surface area (Å²) < 4.78 is 0. The maximum Gasteiger partial charge on any atom is 0.289 e. The van der Waals surface area contributed by atoms with E-state index >= 15 is 0 Å². The van der Waals surface area contributed by atoms with E-state index in [1.165, 1.54) is 4.90 Å². The van der Waals surface area contributed by atoms with Gasteiger partial charge in [0.15, 0.2) is 0 Å². The predicted octanol–water partition coefficient (Wildman–Crippen LogP) is 1.88. The Morgan fingerprint density at radius 3 is 2.67 bits per heavy atom. The van der Waals surface area contributed by atoms with Crippen molar-refractivity contribution in [1.29, 1.82) is 0 Å². The third-order valence-corrected chi connectivity index (χ3v) is 5.34. The van der Waals surface area contributed by atoms with Crippen LogP contribution in [-0.4, -0.2) is 39.8 Å². The van der Waals surface area contributed by atoms with Gasteiger partial charge < -0.3 is 11.1 Å². The molecular weight excluding hydrogens is 326 g/mol. The summed E-state index contributed by atoms with van der Waals surface area (Å²) in [5.41, 5.74) is 7.21. The minimum atomic E-state index is -0.228. The van der Waals surface area contributed by atoms with E-state index in [-0.39, 0.29) is 41.4 Å². The molecule has 3 rings (SSSR count). The van der Waals surface area contributed by atoms with Crippen LogP contribution < -0.4 is 11.1 Å². The van der Waals surface area contributed by atoms with E-state index in [2.05, 4.69) is 5.32 Å². The molecule has 0 spiro atoms. The average molecular weight is 347 g/mol. The number of carbonyl (C=O) groups is 3. The molecule has 0 aromatic heterocycles. The van der Waals surface area contributed by atoms with E-state index in [1.807, 2.05) is 6.07 Å². The number of imide groups is 1. The number of nitrogens with two attached hydrogens (primary N) is 1. The number of hydrogen-bond donors (Lipinski definition) is 2. The molecule has 24 heavy (non-hydrogen) atoms. The Hall–Kier alpha value is -1.86. The summed E-state index contributed by atoms with van der Waals surface area (Å²) >= 11 is 1.01. The van der Waals surface area contributed by atoms with Crippen LogP contribution in [0.15, 0.2) is 24.3 Å². The molecule has 0 unspecified atom stereocenters. The Kier molecular flexibility index (Phi) is 5.20. The zero-order valence-electron chi connectivity index (χ0n) is 13.4. The minimum Gasteiger partial charge on any atom is -0.349 e. The molecule has 3 N–H and O–H groups in total. The lowest BCUT2D eigenvalue weighted by molar-refractivity contribution is -0.125. The Morgan fingerprint density at radius 2 is 2.00 bits per heavy atom. The summed E-state index contributed by atoms with van der Waals surface area (Å²) in [6.45, 7) is 0.212. The van der Waals surface area contributed by atoms with Gasteiger partial charge in [-0.15, -0.1) is 0 Å². The monoisotopic (exact) mass is 347 g/mol. The lowest BCUT2D eigenvalue weighted by atomic mass is 9.91. The Bertz CT molecular complexity index is 640. The number of benzene rings is 1. The quantitative estimate of drug-likeness (QED) is 0.867. The zero-order chi connectivity index (χ0) is 17.1. The number of carbonyl (C=O) groups excluding carboxylic acids is 3. The van der Waals surface area contributed by atoms with Crippen molar-refractivity contribution in [3.8, 4) is 0 Å². The van der Waals surface area contributed by atoms with Crippen LogP contribution in [0.1, 0.15) is 41.6 Å². The number of amides is 3. The van der Waals surface area contributed by atoms with Gasteiger partial charge in [0, 0.05) is 17.6 Å². The summed E-state index contributed by atoms with van der Waals surface area (Å²) in [4.78, 5) is 37.0. The maximum absolute atomic E-state index is 12.4. The van der Waals surface area contributed by atoms with E-state index < -0.39 is 0 Å². The second-order valence-corrected chi connectivity index (χ2v) is 7.25. The molecule has 1 saturated carbocycles. The van der Waals surface area contributed by atoms with Crippen molar-refractivity contribution in [2.24, 2.45) is 5.73 Å². The van der Waals surface area contributed by atoms with E-state index in [4.69, 9.17) is 5.73 Å². The predicted molar refractivity (Wildman–Crippen MR) is 92.5 cm³/mol. The van der Waals surface area contributed by atoms with E-state index in [0.717, 1.165) is 43.0 Å². The Balaban J connectivity index is 1.63. The number of nitrogens with zero attached hydrogens (tertiary/aromatic N) is 1. The molecule has 1 heterocycles. The van der Waals surface area contributed by atoms with Gasteiger partial charge in [0.2, 0.25) is 5.91 Å². The van der Waals surface area contributed by atoms with Gasteiger partial charge in [-0.3, -0.25) is 19.3 Å². The van der Waals surface area contributed by atoms with E-state index in [1.54, 1.807) is 18.2 Å². The maximum atomic E-state index is 12.4. The van der Waals surface area contributed by atoms with Gasteiger partial charge in [-0.25, -0.2) is 0 Å². The fourth-order valence-corrected chi connectivity index (χ4v) is 3.78. The van der Waals surface area contributed by atoms with Gasteiger partial charge in [-0.05, 0) is 43.4 Å². The van der Waals surface area contributed by atoms with Crippen molar-refractivity contribution >= 4 is 28.8 Å². The molecule has 6 nitrogen and oxygen atoms in total. The van der Waals surface area contributed by atoms with Crippen LogP contribution in [0.2, 0.25) is 0 Å². The van der Waals surface area contributed by atoms with E-state index in [9.17, 15) is 14.4 Å². The molecule has 7 heteroatoms. The summed E-state index contributed by atoms with van der Waals surface area (Å²) in [7, 11) is 0. The first-order chi connectivity index (χ1) is 11.5. The van der Waals surface area contributed by atoms with Crippen molar-refractivity contribution in [2.75, 3.05) is 5.75 Å². The minimum absolute atomic E-state index is 0.120. The summed E-state index contributed by atoms with van der Waals surface area (Å²) in [6, 6.07) is 7.50. The first-order valence-corrected chi connectivity index (χ1v) is 9.14. The molecule has 2 fully saturated rings. The molecule has 0 bridgehead atoms. The molecule has 0 atom stereocenters. The van der Waals surface area contributed by atoms with Crippen molar-refractivity contribution < 1.29 is 14.4 Å². The molecule has 2 aliphatic rings. The highest BCUT2D eigenvalue weighted by molar-refractivity contribution is 8.14. The Morgan fingerprint density at radius 1 is 1.25 bits per heavy atom. The van der Waals surface area contributed by atoms with Gasteiger partial charge >= 0.3 is 0 Å². The molecule has 3 amide bonds. The standard InChI is InChI=1S/C17H21N3O3S/c18-13-4-6-14(7-5-13)19-16(22)12-3-1-2-11(8-12)9-20-15(21)10-24-17(20)23/h1-3,8,13-14H,4-7,9-10,18H2,(H,19,22). The van der Waals surface area contributed by atoms with Crippen LogP contribution in [0, 0.1) is 0 Å². The van der Waals surface area contributed by atoms with Crippen LogP contribution in [0.4, 0.5) is 4.79 Å². The summed E-state index contributed by atoms with van der Waals surface area (Å²) in [5, 5.41) is 2.82. The van der Waals surface area contributed by atoms with Gasteiger partial charge in [-0.2, -0.15) is 0 Å².